The zero-order chi connectivity index (χ0) is 12.6. The maximum Gasteiger partial charge on any atom is 0.230 e. The van der Waals surface area contributed by atoms with Gasteiger partial charge in [0.1, 0.15) is 10.1 Å². The number of alkyl halides is 2. The highest BCUT2D eigenvalue weighted by molar-refractivity contribution is 6.52. The van der Waals surface area contributed by atoms with Gasteiger partial charge in [0.2, 0.25) is 5.91 Å². The van der Waals surface area contributed by atoms with Gasteiger partial charge in [-0.15, -0.1) is 23.2 Å². The number of hydrogen-bond acceptors (Lipinski definition) is 2. The van der Waals surface area contributed by atoms with Crippen LogP contribution >= 0.6 is 23.2 Å². The molecule has 92 valence electrons. The Labute approximate surface area is 110 Å². The molecular formula is C12H13Cl2NO2. The lowest BCUT2D eigenvalue weighted by Crippen LogP contribution is -2.17. The Balaban J connectivity index is 2.13. The van der Waals surface area contributed by atoms with Gasteiger partial charge in [-0.3, -0.25) is 4.79 Å². The molecule has 0 aliphatic heterocycles. The van der Waals surface area contributed by atoms with Crippen LogP contribution in [-0.4, -0.2) is 17.4 Å². The van der Waals surface area contributed by atoms with Gasteiger partial charge in [0.25, 0.3) is 0 Å². The van der Waals surface area contributed by atoms with Gasteiger partial charge in [-0.05, 0) is 31.0 Å². The molecule has 1 atom stereocenters. The number of aryl methyl sites for hydroxylation is 1. The van der Waals surface area contributed by atoms with Crippen LogP contribution < -0.4 is 10.1 Å². The molecule has 0 bridgehead atoms. The van der Waals surface area contributed by atoms with Crippen molar-refractivity contribution in [2.24, 2.45) is 5.92 Å². The average Bonchev–Trinajstić information content (AvgIpc) is 2.88. The molecule has 0 radical (unpaired) electrons. The second-order valence-corrected chi connectivity index (χ2v) is 5.75. The summed E-state index contributed by atoms with van der Waals surface area (Å²) in [6.45, 7) is 1.94. The van der Waals surface area contributed by atoms with Gasteiger partial charge in [-0.1, -0.05) is 6.07 Å². The topological polar surface area (TPSA) is 38.3 Å². The molecule has 2 rings (SSSR count). The molecule has 1 N–H and O–H groups in total. The monoisotopic (exact) mass is 273 g/mol. The van der Waals surface area contributed by atoms with E-state index in [1.54, 1.807) is 7.11 Å². The normalized spacial score (nSPS) is 20.8. The van der Waals surface area contributed by atoms with E-state index in [0.29, 0.717) is 17.9 Å². The Kier molecular flexibility index (Phi) is 3.23. The summed E-state index contributed by atoms with van der Waals surface area (Å²) >= 11 is 11.7. The van der Waals surface area contributed by atoms with Gasteiger partial charge in [-0.25, -0.2) is 0 Å². The highest BCUT2D eigenvalue weighted by Crippen LogP contribution is 2.53. The van der Waals surface area contributed by atoms with Crippen LogP contribution in [0.3, 0.4) is 0 Å². The first-order valence-corrected chi connectivity index (χ1v) is 6.03. The Morgan fingerprint density at radius 1 is 1.53 bits per heavy atom. The van der Waals surface area contributed by atoms with Gasteiger partial charge in [-0.2, -0.15) is 0 Å². The minimum absolute atomic E-state index is 0.168. The number of benzene rings is 1. The van der Waals surface area contributed by atoms with E-state index < -0.39 is 4.33 Å². The van der Waals surface area contributed by atoms with Gasteiger partial charge < -0.3 is 10.1 Å². The van der Waals surface area contributed by atoms with Crippen molar-refractivity contribution < 1.29 is 9.53 Å². The molecule has 1 aliphatic carbocycles. The van der Waals surface area contributed by atoms with Crippen LogP contribution in [0.25, 0.3) is 0 Å². The fourth-order valence-electron chi connectivity index (χ4n) is 1.64. The number of anilines is 1. The molecule has 3 nitrogen and oxygen atoms in total. The molecule has 1 aromatic rings. The van der Waals surface area contributed by atoms with Gasteiger partial charge in [0, 0.05) is 0 Å². The summed E-state index contributed by atoms with van der Waals surface area (Å²) in [6, 6.07) is 5.58. The summed E-state index contributed by atoms with van der Waals surface area (Å²) in [4.78, 5) is 11.8. The van der Waals surface area contributed by atoms with Crippen LogP contribution in [0, 0.1) is 12.8 Å². The maximum absolute atomic E-state index is 11.8. The lowest BCUT2D eigenvalue weighted by atomic mass is 10.2. The minimum Gasteiger partial charge on any atom is -0.495 e. The average molecular weight is 274 g/mol. The predicted octanol–water partition coefficient (Wildman–Crippen LogP) is 3.14. The second kappa shape index (κ2) is 4.39. The molecule has 1 fully saturated rings. The smallest absolute Gasteiger partial charge is 0.230 e. The molecule has 1 aliphatic rings. The zero-order valence-electron chi connectivity index (χ0n) is 9.59. The molecule has 1 amide bonds. The Hall–Kier alpha value is -0.930. The van der Waals surface area contributed by atoms with E-state index in [9.17, 15) is 4.79 Å². The number of amides is 1. The minimum atomic E-state index is -0.902. The third-order valence-corrected chi connectivity index (χ3v) is 3.59. The fraction of sp³-hybridized carbons (Fsp3) is 0.417. The fourth-order valence-corrected chi connectivity index (χ4v) is 2.14. The maximum atomic E-state index is 11.8. The molecule has 1 saturated carbocycles. The number of halogens is 2. The van der Waals surface area contributed by atoms with Crippen molar-refractivity contribution in [2.45, 2.75) is 17.7 Å². The molecule has 0 aromatic heterocycles. The molecule has 1 aromatic carbocycles. The Bertz CT molecular complexity index is 460. The summed E-state index contributed by atoms with van der Waals surface area (Å²) in [5.74, 6) is 0.120. The third-order valence-electron chi connectivity index (χ3n) is 2.76. The summed E-state index contributed by atoms with van der Waals surface area (Å²) in [7, 11) is 1.56. The number of ether oxygens (including phenoxy) is 1. The first-order valence-electron chi connectivity index (χ1n) is 5.27. The van der Waals surface area contributed by atoms with E-state index in [2.05, 4.69) is 5.32 Å². The van der Waals surface area contributed by atoms with E-state index >= 15 is 0 Å². The SMILES string of the molecule is COc1ccc(C)cc1NC(=O)[C@@H]1CC1(Cl)Cl. The van der Waals surface area contributed by atoms with Crippen LogP contribution in [0.1, 0.15) is 12.0 Å². The van der Waals surface area contributed by atoms with Crippen LogP contribution in [0.4, 0.5) is 5.69 Å². The first kappa shape index (κ1) is 12.5. The summed E-state index contributed by atoms with van der Waals surface area (Å²) in [5.41, 5.74) is 1.69. The van der Waals surface area contributed by atoms with Crippen molar-refractivity contribution in [2.75, 3.05) is 12.4 Å². The van der Waals surface area contributed by atoms with Crippen LogP contribution in [0.15, 0.2) is 18.2 Å². The molecule has 0 saturated heterocycles. The first-order chi connectivity index (χ1) is 7.94. The van der Waals surface area contributed by atoms with Crippen LogP contribution in [0.5, 0.6) is 5.75 Å². The van der Waals surface area contributed by atoms with Gasteiger partial charge in [0.05, 0.1) is 18.7 Å². The van der Waals surface area contributed by atoms with Crippen molar-refractivity contribution in [1.82, 2.24) is 0 Å². The highest BCUT2D eigenvalue weighted by atomic mass is 35.5. The lowest BCUT2D eigenvalue weighted by Gasteiger charge is -2.11. The summed E-state index contributed by atoms with van der Waals surface area (Å²) in [6.07, 6.45) is 0.496. The van der Waals surface area contributed by atoms with Crippen molar-refractivity contribution in [3.8, 4) is 5.75 Å². The molecule has 0 heterocycles. The molecule has 0 unspecified atom stereocenters. The summed E-state index contributed by atoms with van der Waals surface area (Å²) < 4.78 is 4.27. The molecular weight excluding hydrogens is 261 g/mol. The predicted molar refractivity (Wildman–Crippen MR) is 68.9 cm³/mol. The number of methoxy groups -OCH3 is 1. The van der Waals surface area contributed by atoms with Crippen molar-refractivity contribution in [3.63, 3.8) is 0 Å². The number of hydrogen-bond donors (Lipinski definition) is 1. The standard InChI is InChI=1S/C12H13Cl2NO2/c1-7-3-4-10(17-2)9(5-7)15-11(16)8-6-12(8,13)14/h3-5,8H,6H2,1-2H3,(H,15,16)/t8-/m0/s1. The number of carbonyl (C=O) groups is 1. The van der Waals surface area contributed by atoms with Crippen LogP contribution in [0.2, 0.25) is 0 Å². The quantitative estimate of drug-likeness (QED) is 0.860. The van der Waals surface area contributed by atoms with E-state index in [-0.39, 0.29) is 11.8 Å². The largest absolute Gasteiger partial charge is 0.495 e. The van der Waals surface area contributed by atoms with Crippen LogP contribution in [-0.2, 0) is 4.79 Å². The highest BCUT2D eigenvalue weighted by Gasteiger charge is 2.56. The van der Waals surface area contributed by atoms with E-state index in [4.69, 9.17) is 27.9 Å². The Morgan fingerprint density at radius 3 is 2.71 bits per heavy atom. The number of nitrogens with one attached hydrogen (secondary N) is 1. The lowest BCUT2D eigenvalue weighted by molar-refractivity contribution is -0.117. The van der Waals surface area contributed by atoms with E-state index in [1.807, 2.05) is 25.1 Å². The number of carbonyl (C=O) groups excluding carboxylic acids is 1. The van der Waals surface area contributed by atoms with Crippen molar-refractivity contribution in [3.05, 3.63) is 23.8 Å². The summed E-state index contributed by atoms with van der Waals surface area (Å²) in [5, 5.41) is 2.79. The number of rotatable bonds is 3. The van der Waals surface area contributed by atoms with Gasteiger partial charge >= 0.3 is 0 Å². The molecule has 5 heteroatoms. The third kappa shape index (κ3) is 2.67. The van der Waals surface area contributed by atoms with Crippen molar-refractivity contribution >= 4 is 34.8 Å². The van der Waals surface area contributed by atoms with E-state index in [1.165, 1.54) is 0 Å². The van der Waals surface area contributed by atoms with Crippen molar-refractivity contribution in [1.29, 1.82) is 0 Å². The van der Waals surface area contributed by atoms with E-state index in [0.717, 1.165) is 5.56 Å². The Morgan fingerprint density at radius 2 is 2.18 bits per heavy atom. The zero-order valence-corrected chi connectivity index (χ0v) is 11.1. The second-order valence-electron chi connectivity index (χ2n) is 4.21. The van der Waals surface area contributed by atoms with Gasteiger partial charge in [0.15, 0.2) is 0 Å². The molecule has 17 heavy (non-hydrogen) atoms. The molecule has 0 spiro atoms.